The normalized spacial score (nSPS) is 25.2. The molecule has 2 aromatic rings. The SMILES string of the molecule is N#Cc1c(N2CC3CC[C@@H](C2)N3)nc(OCC2(/C(N)=C/C=N)CC2)nc1N1CC2(CCc3sc(N)c(C#N)c32)C1. The van der Waals surface area contributed by atoms with Gasteiger partial charge < -0.3 is 36.7 Å². The minimum atomic E-state index is -0.295. The average Bonchev–Trinajstić information content (AvgIpc) is 3.40. The predicted molar refractivity (Wildman–Crippen MR) is 153 cm³/mol. The number of hydrogen-bond acceptors (Lipinski definition) is 12. The molecule has 2 bridgehead atoms. The Kier molecular flexibility index (Phi) is 5.70. The van der Waals surface area contributed by atoms with E-state index in [2.05, 4.69) is 27.3 Å². The van der Waals surface area contributed by atoms with Crippen molar-refractivity contribution < 1.29 is 4.74 Å². The maximum atomic E-state index is 10.4. The van der Waals surface area contributed by atoms with Gasteiger partial charge in [-0.1, -0.05) is 0 Å². The molecule has 5 aliphatic rings. The Labute approximate surface area is 236 Å². The van der Waals surface area contributed by atoms with Crippen molar-refractivity contribution in [2.75, 3.05) is 48.3 Å². The summed E-state index contributed by atoms with van der Waals surface area (Å²) in [6, 6.07) is 5.76. The van der Waals surface area contributed by atoms with E-state index in [9.17, 15) is 10.5 Å². The monoisotopic (exact) mass is 556 g/mol. The van der Waals surface area contributed by atoms with Gasteiger partial charge in [-0.15, -0.1) is 11.3 Å². The summed E-state index contributed by atoms with van der Waals surface area (Å²) in [5, 5.41) is 31.8. The van der Waals surface area contributed by atoms with Gasteiger partial charge >= 0.3 is 6.01 Å². The molecule has 0 amide bonds. The number of fused-ring (bicyclic) bond motifs is 4. The summed E-state index contributed by atoms with van der Waals surface area (Å²) in [6.45, 7) is 3.23. The fourth-order valence-corrected chi connectivity index (χ4v) is 8.26. The fraction of sp³-hybridized carbons (Fsp3) is 0.536. The van der Waals surface area contributed by atoms with E-state index in [-0.39, 0.29) is 16.8 Å². The molecule has 11 nitrogen and oxygen atoms in total. The number of ether oxygens (including phenoxy) is 1. The predicted octanol–water partition coefficient (Wildman–Crippen LogP) is 2.16. The number of anilines is 3. The number of aryl methyl sites for hydroxylation is 1. The highest BCUT2D eigenvalue weighted by Crippen LogP contribution is 2.53. The lowest BCUT2D eigenvalue weighted by molar-refractivity contribution is 0.236. The van der Waals surface area contributed by atoms with E-state index in [1.165, 1.54) is 22.4 Å². The van der Waals surface area contributed by atoms with E-state index in [1.54, 1.807) is 6.08 Å². The molecule has 3 saturated heterocycles. The van der Waals surface area contributed by atoms with Crippen LogP contribution in [-0.4, -0.2) is 61.1 Å². The molecule has 2 aliphatic carbocycles. The third-order valence-electron chi connectivity index (χ3n) is 9.45. The maximum absolute atomic E-state index is 10.4. The highest BCUT2D eigenvalue weighted by molar-refractivity contribution is 7.16. The summed E-state index contributed by atoms with van der Waals surface area (Å²) in [5.74, 6) is 1.21. The molecule has 3 aliphatic heterocycles. The first-order chi connectivity index (χ1) is 19.4. The van der Waals surface area contributed by atoms with Gasteiger partial charge in [-0.05, 0) is 50.2 Å². The second-order valence-corrected chi connectivity index (χ2v) is 13.1. The molecule has 40 heavy (non-hydrogen) atoms. The Hall–Kier alpha value is -3.87. The Balaban J connectivity index is 1.22. The van der Waals surface area contributed by atoms with Crippen molar-refractivity contribution in [3.63, 3.8) is 0 Å². The Morgan fingerprint density at radius 3 is 2.40 bits per heavy atom. The molecule has 2 atom stereocenters. The van der Waals surface area contributed by atoms with Crippen molar-refractivity contribution >= 4 is 34.2 Å². The number of nitrogens with two attached hydrogens (primary N) is 2. The number of nitrogens with zero attached hydrogens (tertiary/aromatic N) is 6. The van der Waals surface area contributed by atoms with E-state index in [1.807, 2.05) is 0 Å². The minimum Gasteiger partial charge on any atom is -0.462 e. The van der Waals surface area contributed by atoms with Crippen LogP contribution >= 0.6 is 11.3 Å². The lowest BCUT2D eigenvalue weighted by Crippen LogP contribution is -2.59. The van der Waals surface area contributed by atoms with Crippen LogP contribution in [0.3, 0.4) is 0 Å². The topological polar surface area (TPSA) is 177 Å². The highest BCUT2D eigenvalue weighted by Gasteiger charge is 2.52. The van der Waals surface area contributed by atoms with Crippen LogP contribution in [-0.2, 0) is 11.8 Å². The molecule has 4 fully saturated rings. The van der Waals surface area contributed by atoms with Gasteiger partial charge in [0.15, 0.2) is 11.6 Å². The number of thiophene rings is 1. The van der Waals surface area contributed by atoms with Crippen LogP contribution in [0.2, 0.25) is 0 Å². The molecule has 1 spiro atoms. The number of rotatable bonds is 7. The van der Waals surface area contributed by atoms with Crippen LogP contribution in [0, 0.1) is 33.5 Å². The molecule has 1 saturated carbocycles. The number of hydrogen-bond donors (Lipinski definition) is 4. The number of nitrogens with one attached hydrogen (secondary N) is 2. The molecular weight excluding hydrogens is 524 g/mol. The van der Waals surface area contributed by atoms with Gasteiger partial charge in [-0.2, -0.15) is 20.5 Å². The van der Waals surface area contributed by atoms with E-state index in [0.717, 1.165) is 57.2 Å². The second-order valence-electron chi connectivity index (χ2n) is 11.9. The third kappa shape index (κ3) is 3.81. The zero-order valence-corrected chi connectivity index (χ0v) is 23.1. The molecule has 2 aromatic heterocycles. The fourth-order valence-electron chi connectivity index (χ4n) is 7.12. The Morgan fingerprint density at radius 2 is 1.77 bits per heavy atom. The Bertz CT molecular complexity index is 1490. The lowest BCUT2D eigenvalue weighted by Gasteiger charge is -2.49. The lowest BCUT2D eigenvalue weighted by atomic mass is 9.74. The van der Waals surface area contributed by atoms with Crippen LogP contribution < -0.4 is 31.3 Å². The standard InChI is InChI=1S/C28H32N10OS/c29-8-4-21(32)27(6-7-27)15-39-26-35-24(37-11-16-1-2-17(12-37)34-16)19(10-31)25(36-26)38-13-28(14-38)5-3-20-22(28)18(9-30)23(33)40-20/h4,8,16-17,29,34H,1-3,5-7,11-15,32-33H2/b21-4-,29-8?/t16-,17?/m0/s1. The van der Waals surface area contributed by atoms with E-state index in [4.69, 9.17) is 31.6 Å². The van der Waals surface area contributed by atoms with Crippen molar-refractivity contribution in [1.82, 2.24) is 15.3 Å². The highest BCUT2D eigenvalue weighted by atomic mass is 32.1. The summed E-state index contributed by atoms with van der Waals surface area (Å²) in [5.41, 5.74) is 14.8. The van der Waals surface area contributed by atoms with Crippen molar-refractivity contribution in [3.05, 3.63) is 33.3 Å². The number of aromatic nitrogens is 2. The molecule has 206 valence electrons. The van der Waals surface area contributed by atoms with Gasteiger partial charge in [0.2, 0.25) is 0 Å². The molecule has 7 rings (SSSR count). The smallest absolute Gasteiger partial charge is 0.320 e. The van der Waals surface area contributed by atoms with Crippen molar-refractivity contribution in [3.8, 4) is 18.1 Å². The first-order valence-electron chi connectivity index (χ1n) is 13.9. The number of piperazine rings is 1. The summed E-state index contributed by atoms with van der Waals surface area (Å²) < 4.78 is 6.22. The first-order valence-corrected chi connectivity index (χ1v) is 14.7. The zero-order valence-electron chi connectivity index (χ0n) is 22.2. The van der Waals surface area contributed by atoms with Gasteiger partial charge in [0.25, 0.3) is 0 Å². The third-order valence-corrected chi connectivity index (χ3v) is 10.5. The van der Waals surface area contributed by atoms with Crippen LogP contribution in [0.15, 0.2) is 11.8 Å². The minimum absolute atomic E-state index is 0.147. The van der Waals surface area contributed by atoms with Crippen molar-refractivity contribution in [1.29, 1.82) is 15.9 Å². The number of nitrogen functional groups attached to an aromatic ring is 1. The molecule has 0 aromatic carbocycles. The average molecular weight is 557 g/mol. The van der Waals surface area contributed by atoms with Crippen molar-refractivity contribution in [2.24, 2.45) is 11.1 Å². The first kappa shape index (κ1) is 25.1. The van der Waals surface area contributed by atoms with Gasteiger partial charge in [0.05, 0.1) is 5.56 Å². The van der Waals surface area contributed by atoms with Crippen LogP contribution in [0.4, 0.5) is 16.6 Å². The summed E-state index contributed by atoms with van der Waals surface area (Å²) in [6.07, 6.45) is 8.72. The number of nitriles is 2. The number of allylic oxidation sites excluding steroid dienone is 1. The van der Waals surface area contributed by atoms with Crippen LogP contribution in [0.1, 0.15) is 53.7 Å². The molecular formula is C28H32N10OS. The van der Waals surface area contributed by atoms with Gasteiger partial charge in [0.1, 0.15) is 29.3 Å². The van der Waals surface area contributed by atoms with Gasteiger partial charge in [-0.25, -0.2) is 0 Å². The van der Waals surface area contributed by atoms with Crippen LogP contribution in [0.5, 0.6) is 6.01 Å². The summed E-state index contributed by atoms with van der Waals surface area (Å²) >= 11 is 1.53. The molecule has 6 N–H and O–H groups in total. The largest absolute Gasteiger partial charge is 0.462 e. The quantitative estimate of drug-likeness (QED) is 0.370. The summed E-state index contributed by atoms with van der Waals surface area (Å²) in [7, 11) is 0. The second kappa shape index (κ2) is 9.08. The van der Waals surface area contributed by atoms with E-state index < -0.39 is 0 Å². The van der Waals surface area contributed by atoms with E-state index >= 15 is 0 Å². The summed E-state index contributed by atoms with van der Waals surface area (Å²) in [4.78, 5) is 15.2. The molecule has 5 heterocycles. The Morgan fingerprint density at radius 1 is 1.10 bits per heavy atom. The zero-order chi connectivity index (χ0) is 27.6. The van der Waals surface area contributed by atoms with Gasteiger partial charge in [0, 0.05) is 65.9 Å². The molecule has 1 unspecified atom stereocenters. The van der Waals surface area contributed by atoms with Gasteiger partial charge in [-0.3, -0.25) is 0 Å². The maximum Gasteiger partial charge on any atom is 0.320 e. The molecule has 0 radical (unpaired) electrons. The van der Waals surface area contributed by atoms with Crippen LogP contribution in [0.25, 0.3) is 0 Å². The van der Waals surface area contributed by atoms with E-state index in [0.29, 0.717) is 65.2 Å². The van der Waals surface area contributed by atoms with Crippen molar-refractivity contribution in [2.45, 2.75) is 56.0 Å². The molecule has 12 heteroatoms.